The maximum atomic E-state index is 12.7. The van der Waals surface area contributed by atoms with Gasteiger partial charge in [-0.05, 0) is 37.0 Å². The molecule has 1 amide bonds. The number of amides is 1. The van der Waals surface area contributed by atoms with Crippen LogP contribution in [0.2, 0.25) is 0 Å². The molecule has 0 aromatic rings. The minimum atomic E-state index is -0.615. The van der Waals surface area contributed by atoms with Crippen molar-refractivity contribution in [2.75, 3.05) is 13.1 Å². The van der Waals surface area contributed by atoms with Gasteiger partial charge in [-0.15, -0.1) is 0 Å². The molecular weight excluding hydrogens is 266 g/mol. The van der Waals surface area contributed by atoms with Crippen LogP contribution in [0, 0.1) is 23.7 Å². The van der Waals surface area contributed by atoms with E-state index in [0.717, 1.165) is 38.8 Å². The van der Waals surface area contributed by atoms with Gasteiger partial charge in [-0.25, -0.2) is 0 Å². The van der Waals surface area contributed by atoms with E-state index in [1.165, 1.54) is 0 Å². The summed E-state index contributed by atoms with van der Waals surface area (Å²) < 4.78 is 5.57. The summed E-state index contributed by atoms with van der Waals surface area (Å²) in [6.07, 6.45) is 3.47. The van der Waals surface area contributed by atoms with Gasteiger partial charge < -0.3 is 9.64 Å². The predicted molar refractivity (Wildman–Crippen MR) is 81.6 cm³/mol. The van der Waals surface area contributed by atoms with Crippen molar-refractivity contribution in [1.82, 2.24) is 4.90 Å². The van der Waals surface area contributed by atoms with Crippen LogP contribution in [0.15, 0.2) is 0 Å². The zero-order chi connectivity index (χ0) is 15.6. The Hall–Kier alpha value is -1.06. The number of nitrogens with zero attached hydrogens (tertiary/aromatic N) is 1. The molecule has 0 bridgehead atoms. The van der Waals surface area contributed by atoms with E-state index in [1.807, 2.05) is 18.7 Å². The summed E-state index contributed by atoms with van der Waals surface area (Å²) in [6.45, 7) is 9.84. The molecule has 3 atom stereocenters. The first-order valence-electron chi connectivity index (χ1n) is 8.37. The molecule has 1 saturated carbocycles. The van der Waals surface area contributed by atoms with Crippen molar-refractivity contribution in [3.63, 3.8) is 0 Å². The van der Waals surface area contributed by atoms with Crippen LogP contribution in [0.25, 0.3) is 0 Å². The number of hydrogen-bond donors (Lipinski definition) is 0. The van der Waals surface area contributed by atoms with E-state index in [1.54, 1.807) is 0 Å². The molecule has 0 radical (unpaired) electrons. The summed E-state index contributed by atoms with van der Waals surface area (Å²) >= 11 is 0. The average Bonchev–Trinajstić information content (AvgIpc) is 2.31. The molecule has 0 spiro atoms. The number of carbonyl (C=O) groups excluding carboxylic acids is 2. The van der Waals surface area contributed by atoms with Crippen LogP contribution >= 0.6 is 0 Å². The standard InChI is InChI=1S/C17H29NO3/c1-11(2)15(21-17(20)14-6-5-7-14)16(19)18-9-12(3)8-13(4)10-18/h11-15H,5-10H2,1-4H3/t12-,13-,15+/m1/s1. The maximum absolute atomic E-state index is 12.7. The molecule has 1 saturated heterocycles. The number of esters is 1. The summed E-state index contributed by atoms with van der Waals surface area (Å²) in [6, 6.07) is 0. The summed E-state index contributed by atoms with van der Waals surface area (Å²) in [4.78, 5) is 26.7. The van der Waals surface area contributed by atoms with E-state index < -0.39 is 6.10 Å². The molecule has 0 unspecified atom stereocenters. The third kappa shape index (κ3) is 3.98. The van der Waals surface area contributed by atoms with Crippen LogP contribution < -0.4 is 0 Å². The number of likely N-dealkylation sites (tertiary alicyclic amines) is 1. The molecule has 0 N–H and O–H groups in total. The van der Waals surface area contributed by atoms with E-state index in [9.17, 15) is 9.59 Å². The van der Waals surface area contributed by atoms with Crippen molar-refractivity contribution in [1.29, 1.82) is 0 Å². The molecule has 21 heavy (non-hydrogen) atoms. The average molecular weight is 295 g/mol. The number of ether oxygens (including phenoxy) is 1. The van der Waals surface area contributed by atoms with Crippen molar-refractivity contribution >= 4 is 11.9 Å². The number of carbonyl (C=O) groups is 2. The molecule has 4 heteroatoms. The van der Waals surface area contributed by atoms with Crippen LogP contribution in [-0.4, -0.2) is 36.0 Å². The van der Waals surface area contributed by atoms with Crippen molar-refractivity contribution in [3.8, 4) is 0 Å². The highest BCUT2D eigenvalue weighted by Gasteiger charge is 2.36. The highest BCUT2D eigenvalue weighted by molar-refractivity contribution is 5.85. The van der Waals surface area contributed by atoms with E-state index in [0.29, 0.717) is 11.8 Å². The lowest BCUT2D eigenvalue weighted by atomic mass is 9.85. The topological polar surface area (TPSA) is 46.6 Å². The normalized spacial score (nSPS) is 28.1. The molecule has 1 aliphatic heterocycles. The minimum absolute atomic E-state index is 0.00364. The van der Waals surface area contributed by atoms with Crippen molar-refractivity contribution in [2.45, 2.75) is 59.5 Å². The van der Waals surface area contributed by atoms with Gasteiger partial charge in [0.05, 0.1) is 5.92 Å². The van der Waals surface area contributed by atoms with Crippen molar-refractivity contribution in [2.24, 2.45) is 23.7 Å². The fourth-order valence-electron chi connectivity index (χ4n) is 3.36. The van der Waals surface area contributed by atoms with Crippen molar-refractivity contribution < 1.29 is 14.3 Å². The van der Waals surface area contributed by atoms with Crippen LogP contribution in [0.5, 0.6) is 0 Å². The SMILES string of the molecule is CC(C)[C@H](OC(=O)C1CCC1)C(=O)N1C[C@H](C)C[C@@H](C)C1. The molecule has 1 aliphatic carbocycles. The second kappa shape index (κ2) is 6.80. The molecule has 0 aromatic carbocycles. The summed E-state index contributed by atoms with van der Waals surface area (Å²) in [5, 5.41) is 0. The Morgan fingerprint density at radius 1 is 1.10 bits per heavy atom. The van der Waals surface area contributed by atoms with Gasteiger partial charge >= 0.3 is 5.97 Å². The number of piperidine rings is 1. The zero-order valence-corrected chi connectivity index (χ0v) is 13.8. The van der Waals surface area contributed by atoms with Gasteiger partial charge in [0.15, 0.2) is 6.10 Å². The van der Waals surface area contributed by atoms with Gasteiger partial charge in [0.25, 0.3) is 5.91 Å². The summed E-state index contributed by atoms with van der Waals surface area (Å²) in [5.74, 6) is 0.912. The third-order valence-electron chi connectivity index (χ3n) is 4.71. The Kier molecular flexibility index (Phi) is 5.28. The number of rotatable bonds is 4. The number of hydrogen-bond acceptors (Lipinski definition) is 3. The van der Waals surface area contributed by atoms with Crippen molar-refractivity contribution in [3.05, 3.63) is 0 Å². The maximum Gasteiger partial charge on any atom is 0.309 e. The zero-order valence-electron chi connectivity index (χ0n) is 13.8. The van der Waals surface area contributed by atoms with Gasteiger partial charge in [-0.3, -0.25) is 9.59 Å². The lowest BCUT2D eigenvalue weighted by Crippen LogP contribution is -2.50. The molecule has 0 aromatic heterocycles. The second-order valence-corrected chi connectivity index (χ2v) is 7.42. The van der Waals surface area contributed by atoms with Gasteiger partial charge in [-0.1, -0.05) is 34.1 Å². The molecule has 2 fully saturated rings. The Morgan fingerprint density at radius 2 is 1.67 bits per heavy atom. The quantitative estimate of drug-likeness (QED) is 0.749. The molecule has 1 heterocycles. The Balaban J connectivity index is 1.99. The van der Waals surface area contributed by atoms with E-state index in [2.05, 4.69) is 13.8 Å². The predicted octanol–water partition coefficient (Wildman–Crippen LogP) is 2.86. The Morgan fingerprint density at radius 3 is 2.10 bits per heavy atom. The van der Waals surface area contributed by atoms with Gasteiger partial charge in [0.2, 0.25) is 0 Å². The summed E-state index contributed by atoms with van der Waals surface area (Å²) in [7, 11) is 0. The van der Waals surface area contributed by atoms with Gasteiger partial charge in [-0.2, -0.15) is 0 Å². The van der Waals surface area contributed by atoms with Gasteiger partial charge in [0, 0.05) is 13.1 Å². The molecule has 2 rings (SSSR count). The fourth-order valence-corrected chi connectivity index (χ4v) is 3.36. The van der Waals surface area contributed by atoms with E-state index >= 15 is 0 Å². The molecule has 120 valence electrons. The third-order valence-corrected chi connectivity index (χ3v) is 4.71. The van der Waals surface area contributed by atoms with Crippen LogP contribution in [0.1, 0.15) is 53.4 Å². The largest absolute Gasteiger partial charge is 0.452 e. The highest BCUT2D eigenvalue weighted by atomic mass is 16.5. The molecule has 2 aliphatic rings. The molecular formula is C17H29NO3. The van der Waals surface area contributed by atoms with Crippen LogP contribution in [-0.2, 0) is 14.3 Å². The smallest absolute Gasteiger partial charge is 0.309 e. The monoisotopic (exact) mass is 295 g/mol. The van der Waals surface area contributed by atoms with E-state index in [-0.39, 0.29) is 23.7 Å². The lowest BCUT2D eigenvalue weighted by Gasteiger charge is -2.38. The van der Waals surface area contributed by atoms with Crippen LogP contribution in [0.4, 0.5) is 0 Å². The first-order chi connectivity index (χ1) is 9.88. The Bertz CT molecular complexity index is 379. The fraction of sp³-hybridized carbons (Fsp3) is 0.882. The first-order valence-corrected chi connectivity index (χ1v) is 8.37. The minimum Gasteiger partial charge on any atom is -0.452 e. The second-order valence-electron chi connectivity index (χ2n) is 7.42. The van der Waals surface area contributed by atoms with E-state index in [4.69, 9.17) is 4.74 Å². The van der Waals surface area contributed by atoms with Gasteiger partial charge in [0.1, 0.15) is 0 Å². The lowest BCUT2D eigenvalue weighted by molar-refractivity contribution is -0.169. The highest BCUT2D eigenvalue weighted by Crippen LogP contribution is 2.29. The van der Waals surface area contributed by atoms with Crippen LogP contribution in [0.3, 0.4) is 0 Å². The molecule has 4 nitrogen and oxygen atoms in total. The Labute approximate surface area is 128 Å². The summed E-state index contributed by atoms with van der Waals surface area (Å²) in [5.41, 5.74) is 0. The first kappa shape index (κ1) is 16.3.